The van der Waals surface area contributed by atoms with Crippen molar-refractivity contribution in [2.45, 2.75) is 156 Å². The summed E-state index contributed by atoms with van der Waals surface area (Å²) in [5.41, 5.74) is -1.58. The van der Waals surface area contributed by atoms with Crippen LogP contribution in [0.4, 0.5) is 5.69 Å². The standard InChI is InChI=1S/C18H26N2O4S.C18H20N2O4S.C17H24N2O4S.C14H20N2O4S.C13H18N2O4S.CH4/c2*1-23-14-6-8-15(9-7-14)25(21,22)20-12-10-18(19-11-13-24-18)16-4-2-3-5-17(16)20;20-15-4-6-16(7-5-15)24(21,22)19-10-11-23-17(19)8-1-9-18(13-17)12-14-2-3-14;1-19-12-3-5-13(6-4-12)21(17,18)16-9-10-20-14(16)7-2-8-15-11-14;16-11-2-4-12(5-3-11)20(17,18)15-8-9-19-13(15)6-1-7-14-10-13;/h6-9,16-17,19H,2-5,10-13H2,1H3;2-9,19H,10-13H2,1H3;4-7,14,20H,1-3,8-13H2;3-6,15H,2,7-11H2,1H3;2-5,14,16H,1,6-10H2;1H4. The molecule has 6 aromatic rings. The number of phenols is 2. The predicted octanol–water partition coefficient (Wildman–Crippen LogP) is 7.57. The Labute approximate surface area is 683 Å². The van der Waals surface area contributed by atoms with Gasteiger partial charge in [-0.3, -0.25) is 19.8 Å². The van der Waals surface area contributed by atoms with Gasteiger partial charge in [0.2, 0.25) is 40.1 Å². The van der Waals surface area contributed by atoms with E-state index in [4.69, 9.17) is 37.9 Å². The number of aromatic hydroxyl groups is 2. The molecule has 7 unspecified atom stereocenters. The number of hydrogen-bond donors (Lipinski definition) is 6. The fourth-order valence-electron chi connectivity index (χ4n) is 18.1. The molecular weight excluding hydrogens is 1590 g/mol. The van der Waals surface area contributed by atoms with E-state index in [0.29, 0.717) is 132 Å². The van der Waals surface area contributed by atoms with Crippen LogP contribution in [0.5, 0.6) is 28.7 Å². The van der Waals surface area contributed by atoms with Crippen LogP contribution in [-0.2, 0) is 79.5 Å². The highest BCUT2D eigenvalue weighted by atomic mass is 32.2. The Balaban J connectivity index is 0.000000126. The average molecular weight is 1710 g/mol. The molecule has 0 amide bonds. The van der Waals surface area contributed by atoms with Gasteiger partial charge in [-0.25, -0.2) is 42.1 Å². The molecule has 9 saturated heterocycles. The first-order chi connectivity index (χ1) is 55.3. The maximum absolute atomic E-state index is 13.3. The zero-order valence-corrected chi connectivity index (χ0v) is 69.5. The zero-order valence-electron chi connectivity index (χ0n) is 65.4. The Morgan fingerprint density at radius 2 is 0.871 bits per heavy atom. The number of hydrogen-bond acceptors (Lipinski definition) is 25. The van der Waals surface area contributed by atoms with E-state index in [0.717, 1.165) is 109 Å². The number of fused-ring (bicyclic) bond motifs is 4. The average Bonchev–Trinajstić information content (AvgIpc) is 0.979. The molecule has 6 N–H and O–H groups in total. The summed E-state index contributed by atoms with van der Waals surface area (Å²) in [4.78, 5) is 3.63. The van der Waals surface area contributed by atoms with E-state index in [9.17, 15) is 52.3 Å². The molecule has 6 aromatic carbocycles. The van der Waals surface area contributed by atoms with Gasteiger partial charge in [-0.1, -0.05) is 38.5 Å². The highest BCUT2D eigenvalue weighted by molar-refractivity contribution is 7.93. The molecule has 30 nitrogen and oxygen atoms in total. The first-order valence-electron chi connectivity index (χ1n) is 39.8. The smallest absolute Gasteiger partial charge is 0.264 e. The van der Waals surface area contributed by atoms with Crippen molar-refractivity contribution in [1.82, 2.24) is 43.4 Å². The van der Waals surface area contributed by atoms with E-state index >= 15 is 0 Å². The summed E-state index contributed by atoms with van der Waals surface area (Å²) >= 11 is 0. The molecule has 5 spiro atoms. The molecule has 2 aliphatic carbocycles. The first kappa shape index (κ1) is 87.1. The van der Waals surface area contributed by atoms with Gasteiger partial charge < -0.3 is 58.7 Å². The van der Waals surface area contributed by atoms with Crippen molar-refractivity contribution >= 4 is 55.8 Å². The van der Waals surface area contributed by atoms with Crippen LogP contribution < -0.4 is 39.8 Å². The fourth-order valence-corrected chi connectivity index (χ4v) is 26.3. The van der Waals surface area contributed by atoms with Crippen LogP contribution in [0, 0.1) is 11.8 Å². The SMILES string of the molecule is C.COc1ccc(S(=O)(=O)N2CCC3(NCCO3)C3CCCCC32)cc1.COc1ccc(S(=O)(=O)N2CCC3(NCCO3)c3ccccc32)cc1.COc1ccc(S(=O)(=O)N2CCOC23CCCNC3)cc1.O=S(=O)(c1ccc(O)cc1)N1CCOC12CCCN(CC1CC1)C2.O=S(=O)(c1ccc(O)cc1)N1CCOC12CCCNC2. The minimum absolute atomic E-state index is 0. The van der Waals surface area contributed by atoms with Crippen LogP contribution in [0.1, 0.15) is 103 Å². The van der Waals surface area contributed by atoms with Crippen molar-refractivity contribution in [3.63, 3.8) is 0 Å². The third-order valence-corrected chi connectivity index (χ3v) is 33.6. The molecule has 2 saturated carbocycles. The van der Waals surface area contributed by atoms with Crippen molar-refractivity contribution in [3.05, 3.63) is 151 Å². The van der Waals surface area contributed by atoms with Gasteiger partial charge in [-0.05, 0) is 217 Å². The van der Waals surface area contributed by atoms with Crippen molar-refractivity contribution < 1.29 is 90.2 Å². The number of piperidine rings is 4. The third-order valence-electron chi connectivity index (χ3n) is 24.0. The second-order valence-corrected chi connectivity index (χ2v) is 40.2. The summed E-state index contributed by atoms with van der Waals surface area (Å²) in [6.07, 6.45) is 12.9. The highest BCUT2D eigenvalue weighted by Gasteiger charge is 2.57. The molecular formula is C81H112N10O20S5. The molecule has 7 atom stereocenters. The number of phenolic OH excluding ortho intramolecular Hbond substituents is 2. The van der Waals surface area contributed by atoms with Crippen molar-refractivity contribution in [2.24, 2.45) is 11.8 Å². The van der Waals surface area contributed by atoms with Gasteiger partial charge in [0.25, 0.3) is 10.0 Å². The topological polar surface area (TPSA) is 353 Å². The Bertz CT molecular complexity index is 4880. The number of para-hydroxylation sites is 1. The van der Waals surface area contributed by atoms with Crippen LogP contribution in [0.3, 0.4) is 0 Å². The third kappa shape index (κ3) is 18.0. The summed E-state index contributed by atoms with van der Waals surface area (Å²) in [5, 5.41) is 32.1. The molecule has 10 aliphatic heterocycles. The molecule has 0 radical (unpaired) electrons. The lowest BCUT2D eigenvalue weighted by Gasteiger charge is -2.51. The van der Waals surface area contributed by atoms with Crippen molar-refractivity contribution in [1.29, 1.82) is 0 Å². The maximum Gasteiger partial charge on any atom is 0.264 e. The minimum Gasteiger partial charge on any atom is -0.508 e. The lowest BCUT2D eigenvalue weighted by atomic mass is 9.74. The van der Waals surface area contributed by atoms with E-state index in [1.165, 1.54) is 74.3 Å². The lowest BCUT2D eigenvalue weighted by Crippen LogP contribution is -2.64. The van der Waals surface area contributed by atoms with E-state index in [2.05, 4.69) is 26.2 Å². The van der Waals surface area contributed by atoms with E-state index in [1.807, 2.05) is 24.3 Å². The molecule has 0 bridgehead atoms. The number of benzene rings is 6. The van der Waals surface area contributed by atoms with E-state index in [-0.39, 0.29) is 56.2 Å². The molecule has 11 fully saturated rings. The van der Waals surface area contributed by atoms with Gasteiger partial charge in [0, 0.05) is 102 Å². The predicted molar refractivity (Wildman–Crippen MR) is 434 cm³/mol. The van der Waals surface area contributed by atoms with Crippen LogP contribution in [0.15, 0.2) is 170 Å². The zero-order chi connectivity index (χ0) is 80.9. The van der Waals surface area contributed by atoms with Crippen molar-refractivity contribution in [2.75, 3.05) is 150 Å². The molecule has 12 aliphatic rings. The van der Waals surface area contributed by atoms with Crippen molar-refractivity contribution in [3.8, 4) is 28.7 Å². The Kier molecular flexibility index (Phi) is 27.3. The van der Waals surface area contributed by atoms with Crippen LogP contribution >= 0.6 is 0 Å². The van der Waals surface area contributed by atoms with Crippen LogP contribution in [0.25, 0.3) is 0 Å². The Morgan fingerprint density at radius 3 is 1.34 bits per heavy atom. The number of methoxy groups -OCH3 is 3. The second kappa shape index (κ2) is 36.3. The Hall–Kier alpha value is -6.69. The summed E-state index contributed by atoms with van der Waals surface area (Å²) in [6.45, 7) is 11.9. The van der Waals surface area contributed by atoms with E-state index in [1.54, 1.807) is 103 Å². The molecule has 0 aromatic heterocycles. The number of likely N-dealkylation sites (tertiary alicyclic amines) is 1. The number of rotatable bonds is 15. The van der Waals surface area contributed by atoms with Crippen LogP contribution in [0.2, 0.25) is 0 Å². The first-order valence-corrected chi connectivity index (χ1v) is 47.0. The fraction of sp³-hybridized carbons (Fsp3) is 0.556. The number of nitrogens with zero attached hydrogens (tertiary/aromatic N) is 6. The van der Waals surface area contributed by atoms with Gasteiger partial charge in [0.05, 0.1) is 84.5 Å². The van der Waals surface area contributed by atoms with Crippen LogP contribution in [-0.4, -0.2) is 249 Å². The largest absolute Gasteiger partial charge is 0.508 e. The highest BCUT2D eigenvalue weighted by Crippen LogP contribution is 2.48. The lowest BCUT2D eigenvalue weighted by molar-refractivity contribution is -0.120. The number of anilines is 1. The van der Waals surface area contributed by atoms with E-state index < -0.39 is 73.0 Å². The quantitative estimate of drug-likeness (QED) is 0.0577. The minimum atomic E-state index is -3.65. The number of sulfonamides is 5. The van der Waals surface area contributed by atoms with Gasteiger partial charge in [0.1, 0.15) is 57.4 Å². The maximum atomic E-state index is 13.3. The van der Waals surface area contributed by atoms with Gasteiger partial charge in [-0.2, -0.15) is 17.2 Å². The van der Waals surface area contributed by atoms with Gasteiger partial charge in [0.15, 0.2) is 0 Å². The summed E-state index contributed by atoms with van der Waals surface area (Å²) in [5.74, 6) is 3.05. The summed E-state index contributed by atoms with van der Waals surface area (Å²) in [6, 6.07) is 38.5. The molecule has 10 heterocycles. The Morgan fingerprint density at radius 1 is 0.422 bits per heavy atom. The van der Waals surface area contributed by atoms with Gasteiger partial charge in [-0.15, -0.1) is 0 Å². The van der Waals surface area contributed by atoms with Gasteiger partial charge >= 0.3 is 0 Å². The summed E-state index contributed by atoms with van der Waals surface area (Å²) < 4.78 is 183. The molecule has 116 heavy (non-hydrogen) atoms. The monoisotopic (exact) mass is 1700 g/mol. The summed E-state index contributed by atoms with van der Waals surface area (Å²) in [7, 11) is -13.3. The molecule has 18 rings (SSSR count). The molecule has 636 valence electrons. The number of ether oxygens (including phenoxy) is 8. The second-order valence-electron chi connectivity index (χ2n) is 30.9. The number of nitrogens with one attached hydrogen (secondary N) is 4. The normalized spacial score (nSPS) is 27.9. The molecule has 35 heteroatoms.